The molecule has 4 aromatic rings. The van der Waals surface area contributed by atoms with Crippen LogP contribution >= 0.6 is 0 Å². The van der Waals surface area contributed by atoms with E-state index in [1.165, 1.54) is 21.5 Å². The van der Waals surface area contributed by atoms with Crippen LogP contribution in [-0.2, 0) is 12.0 Å². The molecular weight excluding hydrogens is 362 g/mol. The van der Waals surface area contributed by atoms with Crippen molar-refractivity contribution in [1.82, 2.24) is 25.0 Å². The summed E-state index contributed by atoms with van der Waals surface area (Å²) >= 11 is 0. The van der Waals surface area contributed by atoms with E-state index in [1.54, 1.807) is 24.8 Å². The maximum absolute atomic E-state index is 5.89. The highest BCUT2D eigenvalue weighted by atomic mass is 16.5. The molecule has 2 aromatic heterocycles. The van der Waals surface area contributed by atoms with Gasteiger partial charge in [-0.2, -0.15) is 10.2 Å². The first kappa shape index (κ1) is 18.8. The quantitative estimate of drug-likeness (QED) is 0.496. The highest BCUT2D eigenvalue weighted by Crippen LogP contribution is 2.32. The Hall–Kier alpha value is -3.54. The average molecular weight is 385 g/mol. The zero-order valence-electron chi connectivity index (χ0n) is 16.8. The summed E-state index contributed by atoms with van der Waals surface area (Å²) in [4.78, 5) is 9.91. The van der Waals surface area contributed by atoms with Crippen LogP contribution in [0.15, 0.2) is 73.3 Å². The van der Waals surface area contributed by atoms with Gasteiger partial charge >= 0.3 is 0 Å². The summed E-state index contributed by atoms with van der Waals surface area (Å²) in [6.45, 7) is 6.98. The van der Waals surface area contributed by atoms with Crippen molar-refractivity contribution in [2.24, 2.45) is 0 Å². The minimum Gasteiger partial charge on any atom is -0.489 e. The molecule has 0 spiro atoms. The largest absolute Gasteiger partial charge is 0.489 e. The van der Waals surface area contributed by atoms with Crippen molar-refractivity contribution in [3.63, 3.8) is 0 Å². The molecule has 0 saturated carbocycles. The Labute approximate surface area is 170 Å². The Morgan fingerprint density at radius 1 is 0.828 bits per heavy atom. The number of hydrogen-bond donors (Lipinski definition) is 0. The van der Waals surface area contributed by atoms with Crippen molar-refractivity contribution in [3.8, 4) is 11.7 Å². The molecule has 0 aliphatic rings. The molecular formula is C23H23N5O. The second-order valence-electron chi connectivity index (χ2n) is 7.51. The lowest BCUT2D eigenvalue weighted by Crippen LogP contribution is -2.18. The van der Waals surface area contributed by atoms with E-state index in [2.05, 4.69) is 77.3 Å². The van der Waals surface area contributed by atoms with Crippen LogP contribution in [0.3, 0.4) is 0 Å². The van der Waals surface area contributed by atoms with Crippen LogP contribution in [-0.4, -0.2) is 25.0 Å². The second-order valence-corrected chi connectivity index (χ2v) is 7.51. The Balaban J connectivity index is 1.41. The Morgan fingerprint density at radius 2 is 1.38 bits per heavy atom. The molecule has 6 heteroatoms. The molecule has 2 heterocycles. The van der Waals surface area contributed by atoms with Crippen molar-refractivity contribution in [2.75, 3.05) is 0 Å². The highest BCUT2D eigenvalue weighted by Gasteiger charge is 2.22. The number of aromatic nitrogens is 5. The van der Waals surface area contributed by atoms with Crippen LogP contribution in [0.5, 0.6) is 5.75 Å². The number of hydrogen-bond acceptors (Lipinski definition) is 5. The van der Waals surface area contributed by atoms with Gasteiger partial charge in [0, 0.05) is 23.4 Å². The summed E-state index contributed by atoms with van der Waals surface area (Å²) in [5.41, 5.74) is 4.61. The van der Waals surface area contributed by atoms with Gasteiger partial charge in [0.25, 0.3) is 5.95 Å². The third kappa shape index (κ3) is 4.16. The molecule has 0 aliphatic heterocycles. The van der Waals surface area contributed by atoms with E-state index in [9.17, 15) is 0 Å². The number of ether oxygens (including phenoxy) is 1. The van der Waals surface area contributed by atoms with Gasteiger partial charge < -0.3 is 4.74 Å². The van der Waals surface area contributed by atoms with Gasteiger partial charge in [-0.1, -0.05) is 55.8 Å². The van der Waals surface area contributed by atoms with Crippen LogP contribution < -0.4 is 4.74 Å². The summed E-state index contributed by atoms with van der Waals surface area (Å²) in [5, 5.41) is 8.03. The summed E-state index contributed by atoms with van der Waals surface area (Å²) in [6.07, 6.45) is 6.62. The van der Waals surface area contributed by atoms with E-state index < -0.39 is 0 Å². The van der Waals surface area contributed by atoms with Crippen molar-refractivity contribution in [3.05, 3.63) is 95.6 Å². The lowest BCUT2D eigenvalue weighted by Gasteiger charge is -2.26. The molecule has 2 aromatic carbocycles. The second kappa shape index (κ2) is 7.83. The topological polar surface area (TPSA) is 65.7 Å². The van der Waals surface area contributed by atoms with Crippen molar-refractivity contribution in [1.29, 1.82) is 0 Å². The molecule has 0 radical (unpaired) electrons. The van der Waals surface area contributed by atoms with Gasteiger partial charge in [0.1, 0.15) is 12.4 Å². The smallest absolute Gasteiger partial charge is 0.268 e. The molecule has 29 heavy (non-hydrogen) atoms. The summed E-state index contributed by atoms with van der Waals surface area (Å²) in [7, 11) is 0. The first-order valence-electron chi connectivity index (χ1n) is 9.50. The normalized spacial score (nSPS) is 11.4. The van der Waals surface area contributed by atoms with E-state index in [0.717, 1.165) is 11.3 Å². The number of aryl methyl sites for hydroxylation is 1. The molecule has 4 rings (SSSR count). The first-order chi connectivity index (χ1) is 14.0. The maximum atomic E-state index is 5.89. The van der Waals surface area contributed by atoms with Crippen LogP contribution in [0, 0.1) is 6.92 Å². The lowest BCUT2D eigenvalue weighted by atomic mass is 9.78. The fourth-order valence-corrected chi connectivity index (χ4v) is 3.12. The van der Waals surface area contributed by atoms with E-state index >= 15 is 0 Å². The number of benzene rings is 2. The monoisotopic (exact) mass is 385 g/mol. The van der Waals surface area contributed by atoms with Crippen LogP contribution in [0.1, 0.15) is 36.1 Å². The fraction of sp³-hybridized carbons (Fsp3) is 0.217. The zero-order chi connectivity index (χ0) is 20.3. The predicted octanol–water partition coefficient (Wildman–Crippen LogP) is 4.27. The van der Waals surface area contributed by atoms with E-state index in [1.807, 2.05) is 12.1 Å². The van der Waals surface area contributed by atoms with Gasteiger partial charge in [0.2, 0.25) is 0 Å². The van der Waals surface area contributed by atoms with Gasteiger partial charge in [-0.05, 0) is 30.2 Å². The maximum Gasteiger partial charge on any atom is 0.268 e. The Bertz CT molecular complexity index is 1050. The third-order valence-electron chi connectivity index (χ3n) is 5.04. The van der Waals surface area contributed by atoms with Crippen molar-refractivity contribution >= 4 is 0 Å². The SMILES string of the molecule is Cc1ccc(C(C)(C)c2ccc(OCc3cnc(-n4nccn4)nc3)cc2)cc1. The number of rotatable bonds is 6. The zero-order valence-corrected chi connectivity index (χ0v) is 16.8. The molecule has 0 N–H and O–H groups in total. The Kier molecular flexibility index (Phi) is 5.08. The molecule has 0 bridgehead atoms. The summed E-state index contributed by atoms with van der Waals surface area (Å²) in [5.74, 6) is 1.24. The molecule has 0 unspecified atom stereocenters. The summed E-state index contributed by atoms with van der Waals surface area (Å²) in [6, 6.07) is 17.0. The van der Waals surface area contributed by atoms with E-state index in [0.29, 0.717) is 12.6 Å². The van der Waals surface area contributed by atoms with Crippen molar-refractivity contribution < 1.29 is 4.74 Å². The lowest BCUT2D eigenvalue weighted by molar-refractivity contribution is 0.305. The van der Waals surface area contributed by atoms with Gasteiger partial charge in [0.05, 0.1) is 12.4 Å². The van der Waals surface area contributed by atoms with Crippen LogP contribution in [0.4, 0.5) is 0 Å². The summed E-state index contributed by atoms with van der Waals surface area (Å²) < 4.78 is 5.89. The van der Waals surface area contributed by atoms with Gasteiger partial charge in [-0.25, -0.2) is 9.97 Å². The van der Waals surface area contributed by atoms with E-state index in [4.69, 9.17) is 4.74 Å². The third-order valence-corrected chi connectivity index (χ3v) is 5.04. The number of nitrogens with zero attached hydrogens (tertiary/aromatic N) is 5. The van der Waals surface area contributed by atoms with E-state index in [-0.39, 0.29) is 5.41 Å². The molecule has 0 saturated heterocycles. The minimum absolute atomic E-state index is 0.0730. The Morgan fingerprint density at radius 3 is 1.97 bits per heavy atom. The average Bonchev–Trinajstić information content (AvgIpc) is 3.28. The van der Waals surface area contributed by atoms with Crippen LogP contribution in [0.25, 0.3) is 5.95 Å². The molecule has 146 valence electrons. The van der Waals surface area contributed by atoms with Crippen molar-refractivity contribution in [2.45, 2.75) is 32.8 Å². The fourth-order valence-electron chi connectivity index (χ4n) is 3.12. The highest BCUT2D eigenvalue weighted by molar-refractivity contribution is 5.40. The predicted molar refractivity (Wildman–Crippen MR) is 111 cm³/mol. The van der Waals surface area contributed by atoms with Gasteiger partial charge in [0.15, 0.2) is 0 Å². The van der Waals surface area contributed by atoms with Gasteiger partial charge in [-0.3, -0.25) is 0 Å². The molecule has 6 nitrogen and oxygen atoms in total. The minimum atomic E-state index is -0.0730. The van der Waals surface area contributed by atoms with Gasteiger partial charge in [-0.15, -0.1) is 4.80 Å². The van der Waals surface area contributed by atoms with Crippen LogP contribution in [0.2, 0.25) is 0 Å². The standard InChI is InChI=1S/C23H23N5O/c1-17-4-6-19(7-5-17)23(2,3)20-8-10-21(11-9-20)29-16-18-14-24-22(25-15-18)28-26-12-13-27-28/h4-15H,16H2,1-3H3. The molecule has 0 atom stereocenters. The first-order valence-corrected chi connectivity index (χ1v) is 9.50. The molecule has 0 amide bonds. The molecule has 0 fully saturated rings. The molecule has 0 aliphatic carbocycles.